The van der Waals surface area contributed by atoms with Gasteiger partial charge in [0.05, 0.1) is 58.0 Å². The predicted octanol–water partition coefficient (Wildman–Crippen LogP) is 2.59. The predicted molar refractivity (Wildman–Crippen MR) is 133 cm³/mol. The van der Waals surface area contributed by atoms with Crippen LogP contribution < -0.4 is 4.74 Å². The van der Waals surface area contributed by atoms with E-state index in [2.05, 4.69) is 9.88 Å². The molecule has 0 saturated heterocycles. The second kappa shape index (κ2) is 21.2. The highest BCUT2D eigenvalue weighted by atomic mass is 32.2. The first-order valence-corrected chi connectivity index (χ1v) is 13.3. The van der Waals surface area contributed by atoms with Gasteiger partial charge in [0.1, 0.15) is 25.6 Å². The normalized spacial score (nSPS) is 11.2. The first-order valence-electron chi connectivity index (χ1n) is 11.0. The smallest absolute Gasteiger partial charge is 0.306 e. The molecule has 34 heavy (non-hydrogen) atoms. The van der Waals surface area contributed by atoms with Crippen molar-refractivity contribution in [3.63, 3.8) is 0 Å². The van der Waals surface area contributed by atoms with Crippen LogP contribution in [-0.4, -0.2) is 102 Å². The van der Waals surface area contributed by atoms with Gasteiger partial charge in [0.25, 0.3) is 0 Å². The third-order valence-electron chi connectivity index (χ3n) is 4.45. The zero-order valence-electron chi connectivity index (χ0n) is 20.6. The van der Waals surface area contributed by atoms with Gasteiger partial charge in [-0.05, 0) is 24.1 Å². The molecule has 0 bridgehead atoms. The molecule has 0 aliphatic carbocycles. The first kappa shape index (κ1) is 30.9. The monoisotopic (exact) mass is 522 g/mol. The van der Waals surface area contributed by atoms with Crippen molar-refractivity contribution >= 4 is 30.1 Å². The molecule has 0 aliphatic heterocycles. The molecular formula is C22H38N2O8S2. The third-order valence-corrected chi connectivity index (χ3v) is 5.15. The fourth-order valence-electron chi connectivity index (χ4n) is 2.73. The number of ether oxygens (including phenoxy) is 5. The Bertz CT molecular complexity index is 631. The fourth-order valence-corrected chi connectivity index (χ4v) is 3.20. The van der Waals surface area contributed by atoms with E-state index < -0.39 is 0 Å². The highest BCUT2D eigenvalue weighted by Crippen LogP contribution is 2.18. The maximum atomic E-state index is 11.6. The molecule has 12 heteroatoms. The molecule has 0 unspecified atom stereocenters. The molecule has 0 spiro atoms. The molecule has 0 atom stereocenters. The maximum Gasteiger partial charge on any atom is 0.306 e. The van der Waals surface area contributed by atoms with Crippen LogP contribution in [0.25, 0.3) is 0 Å². The second-order valence-electron chi connectivity index (χ2n) is 6.88. The van der Waals surface area contributed by atoms with Crippen molar-refractivity contribution in [2.75, 3.05) is 86.0 Å². The van der Waals surface area contributed by atoms with Gasteiger partial charge in [0, 0.05) is 51.4 Å². The number of nitrogens with zero attached hydrogens (tertiary/aromatic N) is 2. The standard InChI is InChI=1S/C22H38N2O8S2/c1-26-11-12-29-14-13-28-9-7-24(6-5-22(25)27-2)8-10-30-21-15-19(17-31-33-3)23-20(16-21)18-32-34-4/h15-16H,5-14,17-18H2,1-4H3. The molecule has 0 radical (unpaired) electrons. The van der Waals surface area contributed by atoms with Crippen LogP contribution in [0.4, 0.5) is 0 Å². The Labute approximate surface area is 211 Å². The lowest BCUT2D eigenvalue weighted by Gasteiger charge is -2.22. The van der Waals surface area contributed by atoms with E-state index in [0.29, 0.717) is 84.7 Å². The number of aromatic nitrogens is 1. The second-order valence-corrected chi connectivity index (χ2v) is 8.02. The molecule has 0 N–H and O–H groups in total. The summed E-state index contributed by atoms with van der Waals surface area (Å²) in [6, 6.07) is 3.73. The number of pyridine rings is 1. The molecule has 0 amide bonds. The van der Waals surface area contributed by atoms with E-state index in [4.69, 9.17) is 32.1 Å². The summed E-state index contributed by atoms with van der Waals surface area (Å²) in [5.41, 5.74) is 1.55. The number of carbonyl (C=O) groups excluding carboxylic acids is 1. The number of hydrogen-bond donors (Lipinski definition) is 0. The van der Waals surface area contributed by atoms with Crippen LogP contribution in [0.3, 0.4) is 0 Å². The van der Waals surface area contributed by atoms with E-state index >= 15 is 0 Å². The van der Waals surface area contributed by atoms with Gasteiger partial charge in [-0.3, -0.25) is 14.7 Å². The van der Waals surface area contributed by atoms with Crippen LogP contribution in [0.15, 0.2) is 12.1 Å². The van der Waals surface area contributed by atoms with E-state index in [-0.39, 0.29) is 5.97 Å². The Morgan fingerprint density at radius 1 is 0.853 bits per heavy atom. The Hall–Kier alpha value is -1.12. The van der Waals surface area contributed by atoms with E-state index in [1.165, 1.54) is 31.2 Å². The number of methoxy groups -OCH3 is 2. The average molecular weight is 523 g/mol. The van der Waals surface area contributed by atoms with Crippen molar-refractivity contribution in [3.8, 4) is 5.75 Å². The summed E-state index contributed by atoms with van der Waals surface area (Å²) in [4.78, 5) is 18.2. The van der Waals surface area contributed by atoms with Gasteiger partial charge >= 0.3 is 5.97 Å². The topological polar surface area (TPSA) is 97.8 Å². The van der Waals surface area contributed by atoms with Crippen LogP contribution in [0.1, 0.15) is 17.8 Å². The summed E-state index contributed by atoms with van der Waals surface area (Å²) in [5, 5.41) is 0. The molecule has 10 nitrogen and oxygen atoms in total. The van der Waals surface area contributed by atoms with Gasteiger partial charge in [0.2, 0.25) is 0 Å². The summed E-state index contributed by atoms with van der Waals surface area (Å²) in [6.07, 6.45) is 4.02. The fraction of sp³-hybridized carbons (Fsp3) is 0.727. The van der Waals surface area contributed by atoms with E-state index in [1.807, 2.05) is 24.6 Å². The molecule has 196 valence electrons. The van der Waals surface area contributed by atoms with Crippen molar-refractivity contribution in [1.29, 1.82) is 0 Å². The van der Waals surface area contributed by atoms with Crippen LogP contribution in [-0.2, 0) is 45.3 Å². The molecular weight excluding hydrogens is 484 g/mol. The highest BCUT2D eigenvalue weighted by Gasteiger charge is 2.10. The molecule has 0 aromatic carbocycles. The largest absolute Gasteiger partial charge is 0.492 e. The third kappa shape index (κ3) is 15.7. The minimum absolute atomic E-state index is 0.246. The van der Waals surface area contributed by atoms with Crippen LogP contribution >= 0.6 is 24.1 Å². The lowest BCUT2D eigenvalue weighted by atomic mass is 10.3. The Morgan fingerprint density at radius 3 is 2.03 bits per heavy atom. The van der Waals surface area contributed by atoms with E-state index in [0.717, 1.165) is 11.4 Å². The summed E-state index contributed by atoms with van der Waals surface area (Å²) in [6.45, 7) is 5.70. The van der Waals surface area contributed by atoms with Crippen molar-refractivity contribution < 1.29 is 36.8 Å². The Balaban J connectivity index is 2.53. The van der Waals surface area contributed by atoms with Gasteiger partial charge in [-0.1, -0.05) is 0 Å². The lowest BCUT2D eigenvalue weighted by Crippen LogP contribution is -2.34. The Morgan fingerprint density at radius 2 is 1.44 bits per heavy atom. The van der Waals surface area contributed by atoms with Gasteiger partial charge < -0.3 is 32.1 Å². The van der Waals surface area contributed by atoms with Crippen LogP contribution in [0, 0.1) is 0 Å². The molecule has 0 aliphatic rings. The van der Waals surface area contributed by atoms with Gasteiger partial charge in [-0.2, -0.15) is 0 Å². The molecule has 1 rings (SSSR count). The average Bonchev–Trinajstić information content (AvgIpc) is 2.85. The van der Waals surface area contributed by atoms with E-state index in [1.54, 1.807) is 7.11 Å². The minimum Gasteiger partial charge on any atom is -0.492 e. The quantitative estimate of drug-likeness (QED) is 0.127. The minimum atomic E-state index is -0.246. The van der Waals surface area contributed by atoms with Crippen molar-refractivity contribution in [3.05, 3.63) is 23.5 Å². The lowest BCUT2D eigenvalue weighted by molar-refractivity contribution is -0.141. The molecule has 1 aromatic heterocycles. The van der Waals surface area contributed by atoms with E-state index in [9.17, 15) is 4.79 Å². The molecule has 0 fully saturated rings. The number of carbonyl (C=O) groups is 1. The van der Waals surface area contributed by atoms with Gasteiger partial charge in [0.15, 0.2) is 0 Å². The number of esters is 1. The van der Waals surface area contributed by atoms with Crippen molar-refractivity contribution in [2.45, 2.75) is 19.6 Å². The highest BCUT2D eigenvalue weighted by molar-refractivity contribution is 7.94. The molecule has 1 aromatic rings. The summed E-state index contributed by atoms with van der Waals surface area (Å²) in [7, 11) is 3.03. The molecule has 0 saturated carbocycles. The van der Waals surface area contributed by atoms with Crippen molar-refractivity contribution in [2.24, 2.45) is 0 Å². The first-order chi connectivity index (χ1) is 16.6. The SMILES string of the molecule is COCCOCCOCCN(CCOc1cc(COSC)nc(COSC)c1)CCC(=O)OC. The molecule has 1 heterocycles. The van der Waals surface area contributed by atoms with Crippen LogP contribution in [0.2, 0.25) is 0 Å². The van der Waals surface area contributed by atoms with Gasteiger partial charge in [-0.25, -0.2) is 0 Å². The van der Waals surface area contributed by atoms with Crippen molar-refractivity contribution in [1.82, 2.24) is 9.88 Å². The summed E-state index contributed by atoms with van der Waals surface area (Å²) < 4.78 is 37.5. The zero-order valence-corrected chi connectivity index (χ0v) is 22.2. The Kier molecular flexibility index (Phi) is 19.3. The van der Waals surface area contributed by atoms with Crippen LogP contribution in [0.5, 0.6) is 5.75 Å². The van der Waals surface area contributed by atoms with Gasteiger partial charge in [-0.15, -0.1) is 0 Å². The number of hydrogen-bond acceptors (Lipinski definition) is 12. The zero-order chi connectivity index (χ0) is 24.9. The number of rotatable bonds is 22. The maximum absolute atomic E-state index is 11.6. The summed E-state index contributed by atoms with van der Waals surface area (Å²) >= 11 is 2.57. The summed E-state index contributed by atoms with van der Waals surface area (Å²) in [5.74, 6) is 0.455.